The SMILES string of the molecule is CCc1ccccc1[C]c1ccccc1. The van der Waals surface area contributed by atoms with Crippen molar-refractivity contribution in [3.8, 4) is 0 Å². The molecule has 0 aliphatic carbocycles. The first-order valence-electron chi connectivity index (χ1n) is 5.30. The average Bonchev–Trinajstić information content (AvgIpc) is 2.31. The molecule has 2 aromatic rings. The predicted molar refractivity (Wildman–Crippen MR) is 63.7 cm³/mol. The van der Waals surface area contributed by atoms with Crippen LogP contribution in [0.3, 0.4) is 0 Å². The van der Waals surface area contributed by atoms with Crippen LogP contribution < -0.4 is 0 Å². The lowest BCUT2D eigenvalue weighted by atomic mass is 9.98. The van der Waals surface area contributed by atoms with Gasteiger partial charge >= 0.3 is 0 Å². The molecule has 15 heavy (non-hydrogen) atoms. The largest absolute Gasteiger partial charge is 0.0622 e. The van der Waals surface area contributed by atoms with Crippen molar-refractivity contribution in [2.24, 2.45) is 0 Å². The molecule has 2 radical (unpaired) electrons. The van der Waals surface area contributed by atoms with Crippen molar-refractivity contribution in [2.45, 2.75) is 13.3 Å². The first-order valence-corrected chi connectivity index (χ1v) is 5.30. The summed E-state index contributed by atoms with van der Waals surface area (Å²) in [7, 11) is 0. The minimum Gasteiger partial charge on any atom is -0.0622 e. The highest BCUT2D eigenvalue weighted by atomic mass is 14.0. The Bertz CT molecular complexity index is 415. The Balaban J connectivity index is 2.24. The third-order valence-electron chi connectivity index (χ3n) is 2.45. The molecule has 2 aromatic carbocycles. The van der Waals surface area contributed by atoms with Crippen LogP contribution in [-0.2, 0) is 6.42 Å². The second-order valence-corrected chi connectivity index (χ2v) is 3.50. The second-order valence-electron chi connectivity index (χ2n) is 3.50. The number of aryl methyl sites for hydroxylation is 1. The van der Waals surface area contributed by atoms with Gasteiger partial charge in [-0.3, -0.25) is 0 Å². The number of hydrogen-bond donors (Lipinski definition) is 0. The third-order valence-corrected chi connectivity index (χ3v) is 2.45. The highest BCUT2D eigenvalue weighted by molar-refractivity contribution is 5.41. The summed E-state index contributed by atoms with van der Waals surface area (Å²) >= 11 is 0. The molecule has 0 atom stereocenters. The van der Waals surface area contributed by atoms with Crippen LogP contribution in [-0.4, -0.2) is 0 Å². The van der Waals surface area contributed by atoms with Crippen molar-refractivity contribution in [3.63, 3.8) is 0 Å². The zero-order chi connectivity index (χ0) is 10.5. The molecule has 0 aromatic heterocycles. The van der Waals surface area contributed by atoms with Gasteiger partial charge in [-0.2, -0.15) is 0 Å². The zero-order valence-corrected chi connectivity index (χ0v) is 8.90. The van der Waals surface area contributed by atoms with Crippen molar-refractivity contribution >= 4 is 0 Å². The van der Waals surface area contributed by atoms with Gasteiger partial charge in [0.2, 0.25) is 0 Å². The minimum absolute atomic E-state index is 1.05. The maximum atomic E-state index is 3.42. The van der Waals surface area contributed by atoms with Crippen LogP contribution in [0, 0.1) is 6.42 Å². The maximum Gasteiger partial charge on any atom is 0.0504 e. The molecular formula is C15H14. The van der Waals surface area contributed by atoms with E-state index in [-0.39, 0.29) is 0 Å². The summed E-state index contributed by atoms with van der Waals surface area (Å²) in [6.45, 7) is 2.17. The first-order chi connectivity index (χ1) is 7.40. The fourth-order valence-corrected chi connectivity index (χ4v) is 1.63. The standard InChI is InChI=1S/C15H14/c1-2-14-10-6-7-11-15(14)12-13-8-4-3-5-9-13/h3-11H,2H2,1H3. The van der Waals surface area contributed by atoms with E-state index in [1.54, 1.807) is 0 Å². The molecule has 0 nitrogen and oxygen atoms in total. The van der Waals surface area contributed by atoms with Gasteiger partial charge in [0.1, 0.15) is 0 Å². The van der Waals surface area contributed by atoms with E-state index in [4.69, 9.17) is 0 Å². The Hall–Kier alpha value is -1.56. The molecule has 0 saturated carbocycles. The molecule has 0 fully saturated rings. The fourth-order valence-electron chi connectivity index (χ4n) is 1.63. The van der Waals surface area contributed by atoms with Gasteiger partial charge in [-0.15, -0.1) is 0 Å². The molecule has 0 bridgehead atoms. The first kappa shape index (κ1) is 9.97. The molecule has 0 unspecified atom stereocenters. The molecule has 0 aliphatic rings. The van der Waals surface area contributed by atoms with Gasteiger partial charge in [0.15, 0.2) is 0 Å². The van der Waals surface area contributed by atoms with E-state index in [2.05, 4.69) is 49.7 Å². The van der Waals surface area contributed by atoms with Crippen molar-refractivity contribution in [2.75, 3.05) is 0 Å². The van der Waals surface area contributed by atoms with Gasteiger partial charge in [0, 0.05) is 0 Å². The lowest BCUT2D eigenvalue weighted by molar-refractivity contribution is 1.12. The summed E-state index contributed by atoms with van der Waals surface area (Å²) in [6, 6.07) is 18.7. The molecule has 0 heteroatoms. The van der Waals surface area contributed by atoms with Gasteiger partial charge in [-0.25, -0.2) is 0 Å². The van der Waals surface area contributed by atoms with Crippen molar-refractivity contribution in [1.82, 2.24) is 0 Å². The summed E-state index contributed by atoms with van der Waals surface area (Å²) in [4.78, 5) is 0. The van der Waals surface area contributed by atoms with Crippen LogP contribution in [0.2, 0.25) is 0 Å². The summed E-state index contributed by atoms with van der Waals surface area (Å²) in [5, 5.41) is 0. The Kier molecular flexibility index (Phi) is 3.18. The van der Waals surface area contributed by atoms with Crippen LogP contribution in [0.4, 0.5) is 0 Å². The van der Waals surface area contributed by atoms with Crippen LogP contribution in [0.15, 0.2) is 54.6 Å². The topological polar surface area (TPSA) is 0 Å². The Morgan fingerprint density at radius 3 is 2.27 bits per heavy atom. The van der Waals surface area contributed by atoms with E-state index in [1.165, 1.54) is 11.1 Å². The predicted octanol–water partition coefficient (Wildman–Crippen LogP) is 3.73. The average molecular weight is 194 g/mol. The lowest BCUT2D eigenvalue weighted by Gasteiger charge is -2.06. The van der Waals surface area contributed by atoms with Crippen LogP contribution >= 0.6 is 0 Å². The Morgan fingerprint density at radius 1 is 0.867 bits per heavy atom. The molecule has 2 rings (SSSR count). The highest BCUT2D eigenvalue weighted by Crippen LogP contribution is 2.16. The monoisotopic (exact) mass is 194 g/mol. The second kappa shape index (κ2) is 4.79. The summed E-state index contributed by atoms with van der Waals surface area (Å²) in [5.41, 5.74) is 3.69. The van der Waals surface area contributed by atoms with E-state index in [1.807, 2.05) is 18.2 Å². The van der Waals surface area contributed by atoms with Gasteiger partial charge in [-0.1, -0.05) is 61.5 Å². The van der Waals surface area contributed by atoms with Crippen molar-refractivity contribution in [3.05, 3.63) is 77.7 Å². The van der Waals surface area contributed by atoms with E-state index < -0.39 is 0 Å². The van der Waals surface area contributed by atoms with E-state index in [0.717, 1.165) is 12.0 Å². The Morgan fingerprint density at radius 2 is 1.53 bits per heavy atom. The van der Waals surface area contributed by atoms with Crippen LogP contribution in [0.5, 0.6) is 0 Å². The van der Waals surface area contributed by atoms with Crippen LogP contribution in [0.1, 0.15) is 23.6 Å². The van der Waals surface area contributed by atoms with E-state index in [9.17, 15) is 0 Å². The van der Waals surface area contributed by atoms with Gasteiger partial charge in [-0.05, 0) is 23.1 Å². The van der Waals surface area contributed by atoms with Gasteiger partial charge in [0.05, 0.1) is 6.42 Å². The molecular weight excluding hydrogens is 180 g/mol. The van der Waals surface area contributed by atoms with Crippen molar-refractivity contribution in [1.29, 1.82) is 0 Å². The smallest absolute Gasteiger partial charge is 0.0504 e. The third kappa shape index (κ3) is 2.47. The van der Waals surface area contributed by atoms with Crippen molar-refractivity contribution < 1.29 is 0 Å². The summed E-state index contributed by atoms with van der Waals surface area (Å²) in [5.74, 6) is 0. The summed E-state index contributed by atoms with van der Waals surface area (Å²) in [6.07, 6.45) is 4.48. The van der Waals surface area contributed by atoms with Gasteiger partial charge < -0.3 is 0 Å². The maximum absolute atomic E-state index is 3.42. The molecule has 74 valence electrons. The number of benzene rings is 2. The normalized spacial score (nSPS) is 10.2. The Labute approximate surface area is 91.6 Å². The minimum atomic E-state index is 1.05. The highest BCUT2D eigenvalue weighted by Gasteiger charge is 2.01. The fraction of sp³-hybridized carbons (Fsp3) is 0.133. The van der Waals surface area contributed by atoms with Crippen LogP contribution in [0.25, 0.3) is 0 Å². The van der Waals surface area contributed by atoms with E-state index >= 15 is 0 Å². The molecule has 0 saturated heterocycles. The molecule has 0 aliphatic heterocycles. The lowest BCUT2D eigenvalue weighted by Crippen LogP contribution is -1.91. The van der Waals surface area contributed by atoms with Gasteiger partial charge in [0.25, 0.3) is 0 Å². The number of hydrogen-bond acceptors (Lipinski definition) is 0. The molecule has 0 spiro atoms. The quantitative estimate of drug-likeness (QED) is 0.698. The molecule has 0 heterocycles. The molecule has 0 amide bonds. The van der Waals surface area contributed by atoms with E-state index in [0.29, 0.717) is 0 Å². The zero-order valence-electron chi connectivity index (χ0n) is 8.90. The summed E-state index contributed by atoms with van der Waals surface area (Å²) < 4.78 is 0. The number of rotatable bonds is 3. The molecule has 0 N–H and O–H groups in total.